The van der Waals surface area contributed by atoms with E-state index in [4.69, 9.17) is 9.47 Å². The van der Waals surface area contributed by atoms with E-state index in [1.54, 1.807) is 34.7 Å². The van der Waals surface area contributed by atoms with E-state index in [1.165, 1.54) is 18.2 Å². The number of rotatable bonds is 7. The molecule has 0 saturated heterocycles. The Morgan fingerprint density at radius 1 is 1.10 bits per heavy atom. The van der Waals surface area contributed by atoms with E-state index in [0.717, 1.165) is 17.6 Å². The second-order valence-corrected chi connectivity index (χ2v) is 9.22. The molecule has 0 amide bonds. The van der Waals surface area contributed by atoms with Gasteiger partial charge in [0.2, 0.25) is 0 Å². The Morgan fingerprint density at radius 2 is 1.84 bits per heavy atom. The van der Waals surface area contributed by atoms with Gasteiger partial charge >= 0.3 is 0 Å². The average molecular weight is 442 g/mol. The van der Waals surface area contributed by atoms with Crippen LogP contribution in [0.15, 0.2) is 53.6 Å². The van der Waals surface area contributed by atoms with Crippen LogP contribution in [-0.4, -0.2) is 46.5 Å². The number of aromatic hydroxyl groups is 1. The zero-order valence-electron chi connectivity index (χ0n) is 17.3. The van der Waals surface area contributed by atoms with Gasteiger partial charge in [0.05, 0.1) is 16.3 Å². The molecule has 2 aromatic heterocycles. The molecule has 1 N–H and O–H groups in total. The van der Waals surface area contributed by atoms with Crippen molar-refractivity contribution in [3.05, 3.63) is 60.0 Å². The Bertz CT molecular complexity index is 1340. The van der Waals surface area contributed by atoms with Crippen LogP contribution in [0.1, 0.15) is 11.4 Å². The van der Waals surface area contributed by atoms with Crippen molar-refractivity contribution in [2.45, 2.75) is 18.0 Å². The van der Waals surface area contributed by atoms with Crippen LogP contribution in [0.25, 0.3) is 10.9 Å². The number of hydrogen-bond acceptors (Lipinski definition) is 7. The monoisotopic (exact) mass is 442 g/mol. The highest BCUT2D eigenvalue weighted by molar-refractivity contribution is 7.90. The molecular weight excluding hydrogens is 420 g/mol. The minimum absolute atomic E-state index is 0.0227. The molecule has 0 spiro atoms. The standard InChI is InChI=1S/C21H22N4O5S/c1-24-9-8-14(22-24)10-19-18-11-15(26)12-20(21(18)25(23-19)13-29-2)30-16-4-6-17(7-5-16)31(3,27)28/h4-9,11-12,26H,10,13H2,1-3H3. The number of phenols is 1. The van der Waals surface area contributed by atoms with Gasteiger partial charge in [-0.25, -0.2) is 13.1 Å². The minimum atomic E-state index is -3.31. The zero-order valence-corrected chi connectivity index (χ0v) is 18.1. The van der Waals surface area contributed by atoms with Crippen LogP contribution in [0, 0.1) is 0 Å². The molecule has 162 valence electrons. The lowest BCUT2D eigenvalue weighted by Crippen LogP contribution is -2.03. The van der Waals surface area contributed by atoms with Gasteiger partial charge in [-0.1, -0.05) is 0 Å². The highest BCUT2D eigenvalue weighted by Crippen LogP contribution is 2.36. The van der Waals surface area contributed by atoms with Gasteiger partial charge in [-0.2, -0.15) is 10.2 Å². The fourth-order valence-electron chi connectivity index (χ4n) is 3.36. The van der Waals surface area contributed by atoms with Gasteiger partial charge in [0.25, 0.3) is 0 Å². The summed E-state index contributed by atoms with van der Waals surface area (Å²) in [5, 5.41) is 20.1. The molecule has 0 aliphatic carbocycles. The Labute approximate surface area is 179 Å². The molecule has 31 heavy (non-hydrogen) atoms. The van der Waals surface area contributed by atoms with Crippen LogP contribution < -0.4 is 4.74 Å². The van der Waals surface area contributed by atoms with Gasteiger partial charge in [-0.05, 0) is 36.4 Å². The molecule has 9 nitrogen and oxygen atoms in total. The number of aryl methyl sites for hydroxylation is 1. The number of fused-ring (bicyclic) bond motifs is 1. The lowest BCUT2D eigenvalue weighted by Gasteiger charge is -2.10. The first-order valence-corrected chi connectivity index (χ1v) is 11.3. The van der Waals surface area contributed by atoms with E-state index < -0.39 is 9.84 Å². The van der Waals surface area contributed by atoms with Crippen molar-refractivity contribution in [3.63, 3.8) is 0 Å². The third kappa shape index (κ3) is 4.39. The van der Waals surface area contributed by atoms with Crippen molar-refractivity contribution in [3.8, 4) is 17.2 Å². The lowest BCUT2D eigenvalue weighted by atomic mass is 10.1. The second kappa shape index (κ2) is 8.05. The number of hydrogen-bond donors (Lipinski definition) is 1. The molecule has 4 rings (SSSR count). The van der Waals surface area contributed by atoms with E-state index in [9.17, 15) is 13.5 Å². The van der Waals surface area contributed by atoms with Gasteiger partial charge in [-0.15, -0.1) is 0 Å². The molecule has 2 heterocycles. The summed E-state index contributed by atoms with van der Waals surface area (Å²) in [7, 11) is 0.105. The molecule has 4 aromatic rings. The predicted molar refractivity (Wildman–Crippen MR) is 114 cm³/mol. The van der Waals surface area contributed by atoms with Crippen LogP contribution in [0.2, 0.25) is 0 Å². The number of methoxy groups -OCH3 is 1. The Kier molecular flexibility index (Phi) is 5.42. The predicted octanol–water partition coefficient (Wildman–Crippen LogP) is 2.87. The van der Waals surface area contributed by atoms with Crippen LogP contribution in [-0.2, 0) is 34.8 Å². The summed E-state index contributed by atoms with van der Waals surface area (Å²) in [5.41, 5.74) is 2.21. The molecule has 0 atom stereocenters. The Morgan fingerprint density at radius 3 is 2.45 bits per heavy atom. The van der Waals surface area contributed by atoms with Crippen LogP contribution in [0.3, 0.4) is 0 Å². The fraction of sp³-hybridized carbons (Fsp3) is 0.238. The largest absolute Gasteiger partial charge is 0.508 e. The van der Waals surface area contributed by atoms with Gasteiger partial charge < -0.3 is 14.6 Å². The highest BCUT2D eigenvalue weighted by atomic mass is 32.2. The molecule has 0 unspecified atom stereocenters. The van der Waals surface area contributed by atoms with E-state index in [1.807, 2.05) is 19.3 Å². The molecule has 0 radical (unpaired) electrons. The first-order chi connectivity index (χ1) is 14.7. The number of phenolic OH excluding ortho intramolecular Hbond substituents is 1. The second-order valence-electron chi connectivity index (χ2n) is 7.21. The van der Waals surface area contributed by atoms with Crippen LogP contribution in [0.4, 0.5) is 0 Å². The average Bonchev–Trinajstić information content (AvgIpc) is 3.25. The van der Waals surface area contributed by atoms with Crippen molar-refractivity contribution in [1.29, 1.82) is 0 Å². The summed E-state index contributed by atoms with van der Waals surface area (Å²) in [5.74, 6) is 0.823. The van der Waals surface area contributed by atoms with Crippen molar-refractivity contribution < 1.29 is 23.0 Å². The maximum absolute atomic E-state index is 11.7. The normalized spacial score (nSPS) is 11.8. The van der Waals surface area contributed by atoms with Gasteiger partial charge in [0.1, 0.15) is 23.7 Å². The molecule has 0 saturated carbocycles. The maximum atomic E-state index is 11.7. The number of sulfone groups is 1. The van der Waals surface area contributed by atoms with E-state index in [0.29, 0.717) is 28.8 Å². The fourth-order valence-corrected chi connectivity index (χ4v) is 3.99. The summed E-state index contributed by atoms with van der Waals surface area (Å²) in [6.07, 6.45) is 3.48. The van der Waals surface area contributed by atoms with E-state index in [2.05, 4.69) is 10.2 Å². The smallest absolute Gasteiger partial charge is 0.175 e. The van der Waals surface area contributed by atoms with Crippen molar-refractivity contribution in [2.75, 3.05) is 13.4 Å². The third-order valence-corrected chi connectivity index (χ3v) is 5.85. The summed E-state index contributed by atoms with van der Waals surface area (Å²) in [4.78, 5) is 0.197. The number of nitrogens with zero attached hydrogens (tertiary/aromatic N) is 4. The van der Waals surface area contributed by atoms with E-state index >= 15 is 0 Å². The summed E-state index contributed by atoms with van der Waals surface area (Å²) < 4.78 is 38.0. The maximum Gasteiger partial charge on any atom is 0.175 e. The van der Waals surface area contributed by atoms with Crippen molar-refractivity contribution in [2.24, 2.45) is 7.05 Å². The molecular formula is C21H22N4O5S. The molecule has 0 aliphatic heterocycles. The SMILES string of the molecule is COCn1nc(Cc2ccn(C)n2)c2cc(O)cc(Oc3ccc(S(C)(=O)=O)cc3)c21. The molecule has 10 heteroatoms. The Balaban J connectivity index is 1.77. The molecule has 2 aromatic carbocycles. The quantitative estimate of drug-likeness (QED) is 0.469. The van der Waals surface area contributed by atoms with Crippen LogP contribution >= 0.6 is 0 Å². The number of aromatic nitrogens is 4. The van der Waals surface area contributed by atoms with Gasteiger partial charge in [0.15, 0.2) is 15.6 Å². The molecule has 0 aliphatic rings. The molecule has 0 fully saturated rings. The number of ether oxygens (including phenoxy) is 2. The van der Waals surface area contributed by atoms with Crippen molar-refractivity contribution >= 4 is 20.7 Å². The first-order valence-electron chi connectivity index (χ1n) is 9.42. The van der Waals surface area contributed by atoms with Gasteiger partial charge in [-0.3, -0.25) is 4.68 Å². The van der Waals surface area contributed by atoms with Crippen molar-refractivity contribution in [1.82, 2.24) is 19.6 Å². The third-order valence-electron chi connectivity index (χ3n) is 4.72. The first kappa shape index (κ1) is 20.9. The topological polar surface area (TPSA) is 108 Å². The summed E-state index contributed by atoms with van der Waals surface area (Å²) in [6, 6.07) is 11.1. The van der Waals surface area contributed by atoms with Gasteiger partial charge in [0, 0.05) is 44.5 Å². The summed E-state index contributed by atoms with van der Waals surface area (Å²) in [6.45, 7) is 0.187. The minimum Gasteiger partial charge on any atom is -0.508 e. The lowest BCUT2D eigenvalue weighted by molar-refractivity contribution is 0.123. The van der Waals surface area contributed by atoms with E-state index in [-0.39, 0.29) is 17.4 Å². The zero-order chi connectivity index (χ0) is 22.2. The van der Waals surface area contributed by atoms with Crippen LogP contribution in [0.5, 0.6) is 17.2 Å². The number of benzene rings is 2. The Hall–Kier alpha value is -3.37. The summed E-state index contributed by atoms with van der Waals surface area (Å²) >= 11 is 0. The highest BCUT2D eigenvalue weighted by Gasteiger charge is 2.19. The molecule has 0 bridgehead atoms.